The zero-order chi connectivity index (χ0) is 22.0. The van der Waals surface area contributed by atoms with E-state index in [9.17, 15) is 13.6 Å². The predicted molar refractivity (Wildman–Crippen MR) is 102 cm³/mol. The Bertz CT molecular complexity index is 1220. The summed E-state index contributed by atoms with van der Waals surface area (Å²) >= 11 is 0. The van der Waals surface area contributed by atoms with Gasteiger partial charge < -0.3 is 14.3 Å². The zero-order valence-electron chi connectivity index (χ0n) is 16.1. The molecule has 0 aliphatic heterocycles. The zero-order valence-corrected chi connectivity index (χ0v) is 16.1. The van der Waals surface area contributed by atoms with E-state index in [1.807, 2.05) is 0 Å². The van der Waals surface area contributed by atoms with Crippen LogP contribution >= 0.6 is 0 Å². The van der Waals surface area contributed by atoms with Crippen LogP contribution in [0.3, 0.4) is 0 Å². The Kier molecular flexibility index (Phi) is 5.39. The molecule has 2 aromatic carbocycles. The van der Waals surface area contributed by atoms with E-state index >= 15 is 0 Å². The first kappa shape index (κ1) is 20.1. The number of aromatic nitrogens is 5. The summed E-state index contributed by atoms with van der Waals surface area (Å²) in [6.07, 6.45) is -0.375. The summed E-state index contributed by atoms with van der Waals surface area (Å²) in [6, 6.07) is 9.20. The van der Waals surface area contributed by atoms with Gasteiger partial charge in [-0.05, 0) is 35.4 Å². The molecule has 4 aromatic rings. The average molecular weight is 427 g/mol. The first-order chi connectivity index (χ1) is 15.0. The molecule has 9 nitrogen and oxygen atoms in total. The van der Waals surface area contributed by atoms with Crippen LogP contribution in [0.25, 0.3) is 22.5 Å². The van der Waals surface area contributed by atoms with Crippen molar-refractivity contribution in [3.05, 3.63) is 65.2 Å². The molecule has 0 fully saturated rings. The van der Waals surface area contributed by atoms with Crippen molar-refractivity contribution in [3.8, 4) is 28.4 Å². The molecular weight excluding hydrogens is 412 g/mol. The number of ether oxygens (including phenoxy) is 1. The lowest BCUT2D eigenvalue weighted by Crippen LogP contribution is -2.01. The van der Waals surface area contributed by atoms with Gasteiger partial charge in [-0.25, -0.2) is 13.6 Å². The third-order valence-corrected chi connectivity index (χ3v) is 4.43. The molecule has 4 rings (SSSR count). The summed E-state index contributed by atoms with van der Waals surface area (Å²) in [5.74, 6) is -3.64. The molecular formula is C20H15F2N5O4. The van der Waals surface area contributed by atoms with Crippen LogP contribution in [0.15, 0.2) is 40.8 Å². The molecule has 2 aromatic heterocycles. The molecule has 158 valence electrons. The standard InChI is InChI=1S/C20H15F2N5O4/c1-2-30-18-16(31-19(23-18)20(28)29)9-13-14(21)7-10(8-15(13)22)11-5-3-4-6-12(11)17-24-26-27-25-17/h3-8H,2,9H2,1H3,(H,28,29)(H,24,25,26,27). The van der Waals surface area contributed by atoms with Gasteiger partial charge in [-0.1, -0.05) is 24.3 Å². The van der Waals surface area contributed by atoms with Crippen molar-refractivity contribution in [2.24, 2.45) is 0 Å². The number of oxazole rings is 1. The van der Waals surface area contributed by atoms with E-state index in [2.05, 4.69) is 25.6 Å². The topological polar surface area (TPSA) is 127 Å². The van der Waals surface area contributed by atoms with Gasteiger partial charge in [0.1, 0.15) is 11.6 Å². The number of aromatic amines is 1. The maximum absolute atomic E-state index is 14.9. The minimum atomic E-state index is -1.42. The first-order valence-corrected chi connectivity index (χ1v) is 9.14. The fourth-order valence-electron chi connectivity index (χ4n) is 3.08. The van der Waals surface area contributed by atoms with Crippen LogP contribution in [0.1, 0.15) is 28.9 Å². The van der Waals surface area contributed by atoms with E-state index in [-0.39, 0.29) is 41.6 Å². The molecule has 0 amide bonds. The molecule has 2 N–H and O–H groups in total. The Hall–Kier alpha value is -4.15. The number of H-pyrrole nitrogens is 1. The van der Waals surface area contributed by atoms with Gasteiger partial charge in [0.2, 0.25) is 5.82 Å². The lowest BCUT2D eigenvalue weighted by atomic mass is 9.96. The minimum Gasteiger partial charge on any atom is -0.475 e. The second-order valence-corrected chi connectivity index (χ2v) is 6.36. The number of carbonyl (C=O) groups is 1. The second kappa shape index (κ2) is 8.30. The van der Waals surface area contributed by atoms with Crippen LogP contribution in [0.4, 0.5) is 8.78 Å². The van der Waals surface area contributed by atoms with Gasteiger partial charge in [0.05, 0.1) is 6.61 Å². The molecule has 0 saturated heterocycles. The van der Waals surface area contributed by atoms with Crippen molar-refractivity contribution in [1.29, 1.82) is 0 Å². The van der Waals surface area contributed by atoms with Crippen LogP contribution in [-0.2, 0) is 6.42 Å². The summed E-state index contributed by atoms with van der Waals surface area (Å²) in [5.41, 5.74) is 1.02. The Labute approximate surface area is 173 Å². The second-order valence-electron chi connectivity index (χ2n) is 6.36. The smallest absolute Gasteiger partial charge is 0.392 e. The first-order valence-electron chi connectivity index (χ1n) is 9.14. The molecule has 2 heterocycles. The number of rotatable bonds is 7. The molecule has 0 unspecified atom stereocenters. The molecule has 0 spiro atoms. The number of carboxylic acids is 1. The van der Waals surface area contributed by atoms with Crippen LogP contribution in [0, 0.1) is 11.6 Å². The molecule has 0 aliphatic rings. The molecule has 0 saturated carbocycles. The quantitative estimate of drug-likeness (QED) is 0.459. The molecule has 0 atom stereocenters. The fourth-order valence-corrected chi connectivity index (χ4v) is 3.08. The number of nitrogens with one attached hydrogen (secondary N) is 1. The van der Waals surface area contributed by atoms with E-state index in [1.165, 1.54) is 12.1 Å². The monoisotopic (exact) mass is 427 g/mol. The summed E-state index contributed by atoms with van der Waals surface area (Å²) in [6.45, 7) is 1.84. The fraction of sp³-hybridized carbons (Fsp3) is 0.150. The van der Waals surface area contributed by atoms with Gasteiger partial charge in [0, 0.05) is 17.5 Å². The van der Waals surface area contributed by atoms with Crippen molar-refractivity contribution in [2.45, 2.75) is 13.3 Å². The summed E-state index contributed by atoms with van der Waals surface area (Å²) in [5, 5.41) is 22.7. The average Bonchev–Trinajstić information content (AvgIpc) is 3.41. The summed E-state index contributed by atoms with van der Waals surface area (Å²) < 4.78 is 40.2. The Morgan fingerprint density at radius 3 is 2.52 bits per heavy atom. The highest BCUT2D eigenvalue weighted by Crippen LogP contribution is 2.33. The highest BCUT2D eigenvalue weighted by atomic mass is 19.1. The summed E-state index contributed by atoms with van der Waals surface area (Å²) in [4.78, 5) is 14.8. The van der Waals surface area contributed by atoms with Crippen molar-refractivity contribution >= 4 is 5.97 Å². The molecule has 0 aliphatic carbocycles. The van der Waals surface area contributed by atoms with Crippen LogP contribution < -0.4 is 4.74 Å². The van der Waals surface area contributed by atoms with Gasteiger partial charge in [-0.2, -0.15) is 10.2 Å². The highest BCUT2D eigenvalue weighted by molar-refractivity contribution is 5.82. The number of carboxylic acid groups (broad SMARTS) is 1. The SMILES string of the molecule is CCOc1nc(C(=O)O)oc1Cc1c(F)cc(-c2ccccc2-c2nn[nH]n2)cc1F. The number of tetrazole rings is 1. The molecule has 0 radical (unpaired) electrons. The largest absolute Gasteiger partial charge is 0.475 e. The lowest BCUT2D eigenvalue weighted by molar-refractivity contribution is 0.0651. The third kappa shape index (κ3) is 3.97. The van der Waals surface area contributed by atoms with Gasteiger partial charge >= 0.3 is 11.9 Å². The van der Waals surface area contributed by atoms with Gasteiger partial charge in [-0.3, -0.25) is 0 Å². The third-order valence-electron chi connectivity index (χ3n) is 4.43. The molecule has 0 bridgehead atoms. The lowest BCUT2D eigenvalue weighted by Gasteiger charge is -2.10. The van der Waals surface area contributed by atoms with Gasteiger partial charge in [0.25, 0.3) is 5.88 Å². The maximum atomic E-state index is 14.9. The number of aromatic carboxylic acids is 1. The number of hydrogen-bond acceptors (Lipinski definition) is 7. The Morgan fingerprint density at radius 2 is 1.90 bits per heavy atom. The van der Waals surface area contributed by atoms with E-state index in [1.54, 1.807) is 31.2 Å². The maximum Gasteiger partial charge on any atom is 0.392 e. The number of nitrogens with zero attached hydrogens (tertiary/aromatic N) is 4. The van der Waals surface area contributed by atoms with Crippen molar-refractivity contribution in [2.75, 3.05) is 6.61 Å². The van der Waals surface area contributed by atoms with Crippen molar-refractivity contribution in [1.82, 2.24) is 25.6 Å². The van der Waals surface area contributed by atoms with Gasteiger partial charge in [-0.15, -0.1) is 10.2 Å². The normalized spacial score (nSPS) is 10.9. The number of benzene rings is 2. The predicted octanol–water partition coefficient (Wildman–Crippen LogP) is 3.49. The van der Waals surface area contributed by atoms with E-state index in [0.717, 1.165) is 0 Å². The number of halogens is 2. The molecule has 31 heavy (non-hydrogen) atoms. The van der Waals surface area contributed by atoms with Crippen LogP contribution in [-0.4, -0.2) is 43.3 Å². The van der Waals surface area contributed by atoms with Crippen molar-refractivity contribution in [3.63, 3.8) is 0 Å². The molecule has 11 heteroatoms. The number of hydrogen-bond donors (Lipinski definition) is 2. The van der Waals surface area contributed by atoms with Crippen LogP contribution in [0.5, 0.6) is 5.88 Å². The highest BCUT2D eigenvalue weighted by Gasteiger charge is 2.23. The van der Waals surface area contributed by atoms with Crippen LogP contribution in [0.2, 0.25) is 0 Å². The Morgan fingerprint density at radius 1 is 1.19 bits per heavy atom. The van der Waals surface area contributed by atoms with Gasteiger partial charge in [0.15, 0.2) is 5.76 Å². The van der Waals surface area contributed by atoms with E-state index in [4.69, 9.17) is 14.3 Å². The minimum absolute atomic E-state index is 0.0861. The summed E-state index contributed by atoms with van der Waals surface area (Å²) in [7, 11) is 0. The van der Waals surface area contributed by atoms with Crippen molar-refractivity contribution < 1.29 is 27.8 Å². The van der Waals surface area contributed by atoms with E-state index < -0.39 is 23.5 Å². The van der Waals surface area contributed by atoms with E-state index in [0.29, 0.717) is 11.1 Å². The Balaban J connectivity index is 1.73.